The maximum Gasteiger partial charge on any atom is 0.417 e. The van der Waals surface area contributed by atoms with Crippen LogP contribution in [0.1, 0.15) is 43.9 Å². The molecule has 3 rings (SSSR count). The number of aromatic nitrogens is 1. The molecule has 0 amide bonds. The molecule has 1 heterocycles. The number of hydrogen-bond acceptors (Lipinski definition) is 2. The van der Waals surface area contributed by atoms with Crippen molar-refractivity contribution >= 4 is 10.9 Å². The summed E-state index contributed by atoms with van der Waals surface area (Å²) >= 11 is 0. The van der Waals surface area contributed by atoms with Crippen LogP contribution in [0, 0.1) is 11.6 Å². The van der Waals surface area contributed by atoms with Gasteiger partial charge in [0, 0.05) is 24.1 Å². The van der Waals surface area contributed by atoms with E-state index >= 15 is 0 Å². The molecule has 31 heavy (non-hydrogen) atoms. The molecule has 2 aromatic carbocycles. The van der Waals surface area contributed by atoms with Crippen molar-refractivity contribution in [1.29, 1.82) is 0 Å². The van der Waals surface area contributed by atoms with Crippen molar-refractivity contribution in [3.8, 4) is 0 Å². The van der Waals surface area contributed by atoms with E-state index in [9.17, 15) is 27.1 Å². The van der Waals surface area contributed by atoms with E-state index in [1.54, 1.807) is 19.9 Å². The molecular weight excluding hydrogens is 413 g/mol. The predicted molar refractivity (Wildman–Crippen MR) is 110 cm³/mol. The first-order chi connectivity index (χ1) is 14.4. The molecule has 0 fully saturated rings. The maximum absolute atomic E-state index is 14.2. The number of rotatable bonds is 6. The number of aryl methyl sites for hydroxylation is 1. The van der Waals surface area contributed by atoms with E-state index in [2.05, 4.69) is 4.98 Å². The zero-order chi connectivity index (χ0) is 23.0. The molecule has 2 nitrogen and oxygen atoms in total. The minimum atomic E-state index is -4.94. The minimum Gasteiger partial charge on any atom is -0.380 e. The van der Waals surface area contributed by atoms with Gasteiger partial charge in [0.05, 0.1) is 5.52 Å². The lowest BCUT2D eigenvalue weighted by Gasteiger charge is -2.39. The smallest absolute Gasteiger partial charge is 0.380 e. The van der Waals surface area contributed by atoms with Crippen LogP contribution in [0.15, 0.2) is 48.7 Å². The van der Waals surface area contributed by atoms with E-state index < -0.39 is 41.7 Å². The second-order valence-electron chi connectivity index (χ2n) is 8.55. The molecule has 0 radical (unpaired) electrons. The molecule has 1 atom stereocenters. The van der Waals surface area contributed by atoms with Crippen molar-refractivity contribution in [3.05, 3.63) is 77.0 Å². The van der Waals surface area contributed by atoms with E-state index in [-0.39, 0.29) is 11.1 Å². The van der Waals surface area contributed by atoms with Crippen molar-refractivity contribution in [3.63, 3.8) is 0 Å². The molecule has 3 aromatic rings. The Kier molecular flexibility index (Phi) is 6.11. The molecule has 0 saturated carbocycles. The standard InChI is InChI=1S/C24H24F5NO/c1-4-15-5-6-17(25)11-20(15)22(2,3)14-23(31,24(27,28)29)13-16-9-10-30-21-12-18(26)7-8-19(16)21/h5-12,31H,4,13-14H2,1-3H3. The Balaban J connectivity index is 2.06. The highest BCUT2D eigenvalue weighted by Crippen LogP contribution is 2.44. The third-order valence-electron chi connectivity index (χ3n) is 5.72. The summed E-state index contributed by atoms with van der Waals surface area (Å²) in [5.41, 5.74) is -2.70. The van der Waals surface area contributed by atoms with E-state index in [4.69, 9.17) is 0 Å². The molecule has 0 aliphatic rings. The number of aliphatic hydroxyl groups is 1. The summed E-state index contributed by atoms with van der Waals surface area (Å²) in [6.07, 6.45) is -4.54. The van der Waals surface area contributed by atoms with Gasteiger partial charge >= 0.3 is 6.18 Å². The van der Waals surface area contributed by atoms with Crippen LogP contribution in [0.4, 0.5) is 22.0 Å². The fraction of sp³-hybridized carbons (Fsp3) is 0.375. The lowest BCUT2D eigenvalue weighted by molar-refractivity contribution is -0.266. The topological polar surface area (TPSA) is 33.1 Å². The van der Waals surface area contributed by atoms with Gasteiger partial charge in [-0.1, -0.05) is 26.8 Å². The average Bonchev–Trinajstić information content (AvgIpc) is 2.66. The summed E-state index contributed by atoms with van der Waals surface area (Å²) < 4.78 is 69.9. The number of fused-ring (bicyclic) bond motifs is 1. The van der Waals surface area contributed by atoms with Crippen LogP contribution in [0.25, 0.3) is 10.9 Å². The number of halogens is 5. The minimum absolute atomic E-state index is 0.204. The molecule has 1 aromatic heterocycles. The number of hydrogen-bond donors (Lipinski definition) is 1. The van der Waals surface area contributed by atoms with Gasteiger partial charge in [0.25, 0.3) is 0 Å². The number of benzene rings is 2. The predicted octanol–water partition coefficient (Wildman–Crippen LogP) is 6.28. The van der Waals surface area contributed by atoms with Gasteiger partial charge in [0.15, 0.2) is 5.60 Å². The van der Waals surface area contributed by atoms with Crippen molar-refractivity contribution < 1.29 is 27.1 Å². The molecule has 0 aliphatic carbocycles. The first-order valence-electron chi connectivity index (χ1n) is 9.97. The molecule has 0 spiro atoms. The summed E-state index contributed by atoms with van der Waals surface area (Å²) in [6, 6.07) is 9.10. The van der Waals surface area contributed by atoms with Crippen LogP contribution in [-0.2, 0) is 18.3 Å². The van der Waals surface area contributed by atoms with Crippen LogP contribution in [0.2, 0.25) is 0 Å². The zero-order valence-corrected chi connectivity index (χ0v) is 17.5. The van der Waals surface area contributed by atoms with Crippen molar-refractivity contribution in [2.24, 2.45) is 0 Å². The third kappa shape index (κ3) is 4.71. The van der Waals surface area contributed by atoms with Crippen LogP contribution >= 0.6 is 0 Å². The molecule has 7 heteroatoms. The van der Waals surface area contributed by atoms with Crippen molar-refractivity contribution in [1.82, 2.24) is 4.98 Å². The third-order valence-corrected chi connectivity index (χ3v) is 5.72. The SMILES string of the molecule is CCc1ccc(F)cc1C(C)(C)CC(O)(Cc1ccnc2cc(F)ccc12)C(F)(F)F. The van der Waals surface area contributed by atoms with Gasteiger partial charge in [-0.15, -0.1) is 0 Å². The molecule has 0 aliphatic heterocycles. The van der Waals surface area contributed by atoms with E-state index in [0.29, 0.717) is 17.4 Å². The Morgan fingerprint density at radius 3 is 2.19 bits per heavy atom. The summed E-state index contributed by atoms with van der Waals surface area (Å²) in [7, 11) is 0. The summed E-state index contributed by atoms with van der Waals surface area (Å²) in [6.45, 7) is 4.97. The molecule has 166 valence electrons. The number of alkyl halides is 3. The number of nitrogens with zero attached hydrogens (tertiary/aromatic N) is 1. The fourth-order valence-electron chi connectivity index (χ4n) is 4.23. The van der Waals surface area contributed by atoms with Crippen LogP contribution in [0.3, 0.4) is 0 Å². The highest BCUT2D eigenvalue weighted by Gasteiger charge is 2.56. The lowest BCUT2D eigenvalue weighted by atomic mass is 9.71. The molecule has 0 bridgehead atoms. The Morgan fingerprint density at radius 1 is 0.903 bits per heavy atom. The van der Waals surface area contributed by atoms with Gasteiger partial charge in [-0.3, -0.25) is 4.98 Å². The van der Waals surface area contributed by atoms with Crippen LogP contribution in [0.5, 0.6) is 0 Å². The van der Waals surface area contributed by atoms with Crippen molar-refractivity contribution in [2.45, 2.75) is 57.2 Å². The van der Waals surface area contributed by atoms with Gasteiger partial charge in [0.2, 0.25) is 0 Å². The summed E-state index contributed by atoms with van der Waals surface area (Å²) in [4.78, 5) is 4.00. The second-order valence-corrected chi connectivity index (χ2v) is 8.55. The van der Waals surface area contributed by atoms with E-state index in [1.165, 1.54) is 30.5 Å². The van der Waals surface area contributed by atoms with Gasteiger partial charge in [0.1, 0.15) is 11.6 Å². The lowest BCUT2D eigenvalue weighted by Crippen LogP contribution is -2.51. The van der Waals surface area contributed by atoms with Gasteiger partial charge in [-0.05, 0) is 65.3 Å². The van der Waals surface area contributed by atoms with E-state index in [0.717, 1.165) is 17.7 Å². The Labute approximate surface area is 177 Å². The monoisotopic (exact) mass is 437 g/mol. The normalized spacial score (nSPS) is 14.6. The highest BCUT2D eigenvalue weighted by molar-refractivity contribution is 5.82. The van der Waals surface area contributed by atoms with E-state index in [1.807, 2.05) is 6.92 Å². The van der Waals surface area contributed by atoms with Gasteiger partial charge in [-0.25, -0.2) is 8.78 Å². The highest BCUT2D eigenvalue weighted by atomic mass is 19.4. The Hall–Kier alpha value is -2.54. The number of pyridine rings is 1. The molecule has 1 unspecified atom stereocenters. The van der Waals surface area contributed by atoms with Gasteiger partial charge in [-0.2, -0.15) is 13.2 Å². The quantitative estimate of drug-likeness (QED) is 0.461. The first-order valence-corrected chi connectivity index (χ1v) is 9.97. The zero-order valence-electron chi connectivity index (χ0n) is 17.5. The average molecular weight is 437 g/mol. The van der Waals surface area contributed by atoms with Gasteiger partial charge < -0.3 is 5.11 Å². The fourth-order valence-corrected chi connectivity index (χ4v) is 4.23. The first kappa shape index (κ1) is 23.1. The maximum atomic E-state index is 14.2. The Morgan fingerprint density at radius 2 is 1.55 bits per heavy atom. The summed E-state index contributed by atoms with van der Waals surface area (Å²) in [5.74, 6) is -1.10. The molecule has 0 saturated heterocycles. The van der Waals surface area contributed by atoms with Crippen LogP contribution in [-0.4, -0.2) is 21.9 Å². The largest absolute Gasteiger partial charge is 0.417 e. The Bertz CT molecular complexity index is 1090. The summed E-state index contributed by atoms with van der Waals surface area (Å²) in [5, 5.41) is 11.3. The van der Waals surface area contributed by atoms with Crippen molar-refractivity contribution in [2.75, 3.05) is 0 Å². The molecular formula is C24H24F5NO. The molecule has 1 N–H and O–H groups in total. The van der Waals surface area contributed by atoms with Crippen LogP contribution < -0.4 is 0 Å². The second kappa shape index (κ2) is 8.19.